The SMILES string of the molecule is OC(CNC1CCSCC1)C1CCCCC1. The molecule has 1 saturated carbocycles. The van der Waals surface area contributed by atoms with Gasteiger partial charge in [0, 0.05) is 12.6 Å². The molecule has 1 aliphatic heterocycles. The maximum absolute atomic E-state index is 10.1. The zero-order chi connectivity index (χ0) is 11.2. The van der Waals surface area contributed by atoms with Crippen molar-refractivity contribution in [3.8, 4) is 0 Å². The summed E-state index contributed by atoms with van der Waals surface area (Å²) >= 11 is 2.06. The molecule has 0 radical (unpaired) electrons. The molecule has 0 aromatic heterocycles. The molecule has 2 nitrogen and oxygen atoms in total. The number of aliphatic hydroxyl groups is 1. The summed E-state index contributed by atoms with van der Waals surface area (Å²) in [6.07, 6.45) is 8.95. The van der Waals surface area contributed by atoms with E-state index in [1.807, 2.05) is 0 Å². The summed E-state index contributed by atoms with van der Waals surface area (Å²) in [5.41, 5.74) is 0. The Labute approximate surface area is 104 Å². The van der Waals surface area contributed by atoms with E-state index in [0.29, 0.717) is 12.0 Å². The van der Waals surface area contributed by atoms with Crippen LogP contribution in [0.1, 0.15) is 44.9 Å². The first-order chi connectivity index (χ1) is 7.86. The van der Waals surface area contributed by atoms with Gasteiger partial charge in [0.05, 0.1) is 6.10 Å². The molecule has 1 saturated heterocycles. The van der Waals surface area contributed by atoms with Crippen molar-refractivity contribution in [1.82, 2.24) is 5.32 Å². The Hall–Kier alpha value is 0.270. The summed E-state index contributed by atoms with van der Waals surface area (Å²) in [5, 5.41) is 13.7. The summed E-state index contributed by atoms with van der Waals surface area (Å²) in [6, 6.07) is 0.666. The van der Waals surface area contributed by atoms with Gasteiger partial charge in [-0.1, -0.05) is 19.3 Å². The minimum absolute atomic E-state index is 0.102. The molecule has 1 unspecified atom stereocenters. The van der Waals surface area contributed by atoms with Crippen molar-refractivity contribution < 1.29 is 5.11 Å². The van der Waals surface area contributed by atoms with Gasteiger partial charge in [-0.3, -0.25) is 0 Å². The molecule has 1 atom stereocenters. The van der Waals surface area contributed by atoms with Crippen LogP contribution in [0.5, 0.6) is 0 Å². The number of aliphatic hydroxyl groups excluding tert-OH is 1. The second-order valence-electron chi connectivity index (χ2n) is 5.26. The van der Waals surface area contributed by atoms with Crippen molar-refractivity contribution in [3.05, 3.63) is 0 Å². The van der Waals surface area contributed by atoms with Crippen molar-refractivity contribution in [1.29, 1.82) is 0 Å². The lowest BCUT2D eigenvalue weighted by Gasteiger charge is -2.29. The van der Waals surface area contributed by atoms with Gasteiger partial charge in [-0.05, 0) is 43.1 Å². The highest BCUT2D eigenvalue weighted by Gasteiger charge is 2.22. The molecule has 94 valence electrons. The van der Waals surface area contributed by atoms with Crippen LogP contribution in [0.3, 0.4) is 0 Å². The van der Waals surface area contributed by atoms with Gasteiger partial charge >= 0.3 is 0 Å². The van der Waals surface area contributed by atoms with E-state index in [9.17, 15) is 5.11 Å². The van der Waals surface area contributed by atoms with E-state index in [-0.39, 0.29) is 6.10 Å². The molecule has 1 heterocycles. The minimum atomic E-state index is -0.102. The predicted molar refractivity (Wildman–Crippen MR) is 70.9 cm³/mol. The Morgan fingerprint density at radius 1 is 1.06 bits per heavy atom. The summed E-state index contributed by atoms with van der Waals surface area (Å²) < 4.78 is 0. The summed E-state index contributed by atoms with van der Waals surface area (Å²) in [7, 11) is 0. The molecular formula is C13H25NOS. The summed E-state index contributed by atoms with van der Waals surface area (Å²) in [6.45, 7) is 0.819. The van der Waals surface area contributed by atoms with Crippen LogP contribution in [0.4, 0.5) is 0 Å². The number of hydrogen-bond acceptors (Lipinski definition) is 3. The monoisotopic (exact) mass is 243 g/mol. The van der Waals surface area contributed by atoms with Crippen LogP contribution in [0.25, 0.3) is 0 Å². The lowest BCUT2D eigenvalue weighted by atomic mass is 9.85. The zero-order valence-corrected chi connectivity index (χ0v) is 11.0. The number of hydrogen-bond donors (Lipinski definition) is 2. The van der Waals surface area contributed by atoms with Crippen molar-refractivity contribution in [2.45, 2.75) is 57.1 Å². The number of rotatable bonds is 4. The Balaban J connectivity index is 1.63. The van der Waals surface area contributed by atoms with E-state index in [0.717, 1.165) is 6.54 Å². The van der Waals surface area contributed by atoms with E-state index in [1.54, 1.807) is 0 Å². The second-order valence-corrected chi connectivity index (χ2v) is 6.49. The van der Waals surface area contributed by atoms with E-state index in [1.165, 1.54) is 56.5 Å². The fraction of sp³-hybridized carbons (Fsp3) is 1.00. The standard InChI is InChI=1S/C13H25NOS/c15-13(11-4-2-1-3-5-11)10-14-12-6-8-16-9-7-12/h11-15H,1-10H2. The quantitative estimate of drug-likeness (QED) is 0.795. The van der Waals surface area contributed by atoms with Crippen molar-refractivity contribution >= 4 is 11.8 Å². The smallest absolute Gasteiger partial charge is 0.0692 e. The molecular weight excluding hydrogens is 218 g/mol. The molecule has 2 aliphatic rings. The average molecular weight is 243 g/mol. The van der Waals surface area contributed by atoms with Crippen LogP contribution in [0, 0.1) is 5.92 Å². The normalized spacial score (nSPS) is 26.8. The van der Waals surface area contributed by atoms with Gasteiger partial charge in [0.1, 0.15) is 0 Å². The van der Waals surface area contributed by atoms with Crippen LogP contribution in [-0.2, 0) is 0 Å². The summed E-state index contributed by atoms with van der Waals surface area (Å²) in [5.74, 6) is 3.15. The minimum Gasteiger partial charge on any atom is -0.392 e. The van der Waals surface area contributed by atoms with Gasteiger partial charge in [-0.25, -0.2) is 0 Å². The van der Waals surface area contributed by atoms with E-state index < -0.39 is 0 Å². The summed E-state index contributed by atoms with van der Waals surface area (Å²) in [4.78, 5) is 0. The second kappa shape index (κ2) is 6.87. The fourth-order valence-corrected chi connectivity index (χ4v) is 3.98. The van der Waals surface area contributed by atoms with Crippen LogP contribution in [0.2, 0.25) is 0 Å². The van der Waals surface area contributed by atoms with E-state index in [4.69, 9.17) is 0 Å². The van der Waals surface area contributed by atoms with Crippen LogP contribution >= 0.6 is 11.8 Å². The van der Waals surface area contributed by atoms with Gasteiger partial charge in [0.15, 0.2) is 0 Å². The molecule has 1 aliphatic carbocycles. The maximum atomic E-state index is 10.1. The molecule has 0 spiro atoms. The lowest BCUT2D eigenvalue weighted by Crippen LogP contribution is -2.40. The first kappa shape index (κ1) is 12.7. The first-order valence-electron chi connectivity index (χ1n) is 6.85. The predicted octanol–water partition coefficient (Wildman–Crippen LogP) is 2.41. The molecule has 0 amide bonds. The third kappa shape index (κ3) is 3.94. The third-order valence-corrected chi connectivity index (χ3v) is 5.08. The zero-order valence-electron chi connectivity index (χ0n) is 10.2. The van der Waals surface area contributed by atoms with E-state index in [2.05, 4.69) is 17.1 Å². The topological polar surface area (TPSA) is 32.3 Å². The van der Waals surface area contributed by atoms with E-state index >= 15 is 0 Å². The molecule has 2 N–H and O–H groups in total. The fourth-order valence-electron chi connectivity index (χ4n) is 2.87. The Morgan fingerprint density at radius 3 is 2.44 bits per heavy atom. The third-order valence-electron chi connectivity index (χ3n) is 4.03. The Kier molecular flexibility index (Phi) is 5.46. The maximum Gasteiger partial charge on any atom is 0.0692 e. The lowest BCUT2D eigenvalue weighted by molar-refractivity contribution is 0.0810. The largest absolute Gasteiger partial charge is 0.392 e. The Morgan fingerprint density at radius 2 is 1.75 bits per heavy atom. The molecule has 2 fully saturated rings. The van der Waals surface area contributed by atoms with Gasteiger partial charge < -0.3 is 10.4 Å². The Bertz CT molecular complexity index is 188. The van der Waals surface area contributed by atoms with Crippen molar-refractivity contribution in [2.24, 2.45) is 5.92 Å². The highest BCUT2D eigenvalue weighted by atomic mass is 32.2. The average Bonchev–Trinajstić information content (AvgIpc) is 2.38. The highest BCUT2D eigenvalue weighted by Crippen LogP contribution is 2.26. The van der Waals surface area contributed by atoms with Crippen LogP contribution in [-0.4, -0.2) is 35.3 Å². The highest BCUT2D eigenvalue weighted by molar-refractivity contribution is 7.99. The molecule has 16 heavy (non-hydrogen) atoms. The van der Waals surface area contributed by atoms with Crippen molar-refractivity contribution in [2.75, 3.05) is 18.1 Å². The van der Waals surface area contributed by atoms with Gasteiger partial charge in [-0.15, -0.1) is 0 Å². The van der Waals surface area contributed by atoms with Crippen LogP contribution < -0.4 is 5.32 Å². The van der Waals surface area contributed by atoms with Gasteiger partial charge in [-0.2, -0.15) is 11.8 Å². The molecule has 0 bridgehead atoms. The van der Waals surface area contributed by atoms with Gasteiger partial charge in [0.2, 0.25) is 0 Å². The van der Waals surface area contributed by atoms with Gasteiger partial charge in [0.25, 0.3) is 0 Å². The molecule has 3 heteroatoms. The first-order valence-corrected chi connectivity index (χ1v) is 8.01. The van der Waals surface area contributed by atoms with Crippen molar-refractivity contribution in [3.63, 3.8) is 0 Å². The molecule has 0 aromatic rings. The number of nitrogens with one attached hydrogen (secondary N) is 1. The number of thioether (sulfide) groups is 1. The molecule has 0 aromatic carbocycles. The molecule has 2 rings (SSSR count). The van der Waals surface area contributed by atoms with Crippen LogP contribution in [0.15, 0.2) is 0 Å².